The lowest BCUT2D eigenvalue weighted by Crippen LogP contribution is -2.16. The molecule has 1 aromatic carbocycles. The van der Waals surface area contributed by atoms with Crippen molar-refractivity contribution in [2.75, 3.05) is 25.6 Å². The number of rotatable bonds is 9. The van der Waals surface area contributed by atoms with E-state index in [-0.39, 0.29) is 47.3 Å². The molecule has 7 nitrogen and oxygen atoms in total. The Morgan fingerprint density at radius 1 is 1.21 bits per heavy atom. The molecule has 0 aliphatic rings. The number of nitrogens with one attached hydrogen (secondary N) is 1. The van der Waals surface area contributed by atoms with Gasteiger partial charge in [0.2, 0.25) is 5.91 Å². The van der Waals surface area contributed by atoms with Gasteiger partial charge in [0.1, 0.15) is 17.4 Å². The van der Waals surface area contributed by atoms with Gasteiger partial charge < -0.3 is 20.5 Å². The highest BCUT2D eigenvalue weighted by molar-refractivity contribution is 7.18. The Morgan fingerprint density at radius 2 is 1.93 bits per heavy atom. The number of aryl methyl sites for hydroxylation is 1. The third-order valence-corrected chi connectivity index (χ3v) is 5.15. The Kier molecular flexibility index (Phi) is 7.65. The molecule has 9 heteroatoms. The number of nitrogens with two attached hydrogens (primary N) is 1. The molecule has 0 saturated heterocycles. The van der Waals surface area contributed by atoms with Gasteiger partial charge in [0.05, 0.1) is 17.0 Å². The molecule has 0 aliphatic carbocycles. The van der Waals surface area contributed by atoms with Crippen molar-refractivity contribution in [3.8, 4) is 0 Å². The maximum Gasteiger partial charge on any atom is 0.341 e. The highest BCUT2D eigenvalue weighted by Crippen LogP contribution is 2.33. The van der Waals surface area contributed by atoms with E-state index >= 15 is 0 Å². The fourth-order valence-electron chi connectivity index (χ4n) is 2.51. The number of hydrogen-bond donors (Lipinski definition) is 2. The molecule has 0 atom stereocenters. The Hall–Kier alpha value is -2.78. The summed E-state index contributed by atoms with van der Waals surface area (Å²) in [7, 11) is 1.47. The van der Waals surface area contributed by atoms with E-state index in [1.807, 2.05) is 0 Å². The van der Waals surface area contributed by atoms with E-state index in [0.717, 1.165) is 11.3 Å². The van der Waals surface area contributed by atoms with Crippen LogP contribution in [0.3, 0.4) is 0 Å². The molecule has 1 heterocycles. The number of primary amides is 1. The van der Waals surface area contributed by atoms with E-state index in [4.69, 9.17) is 15.2 Å². The maximum atomic E-state index is 13.7. The highest BCUT2D eigenvalue weighted by atomic mass is 32.1. The van der Waals surface area contributed by atoms with Gasteiger partial charge in [-0.3, -0.25) is 9.59 Å². The van der Waals surface area contributed by atoms with Gasteiger partial charge in [-0.05, 0) is 30.5 Å². The second-order valence-electron chi connectivity index (χ2n) is 5.89. The third-order valence-electron chi connectivity index (χ3n) is 3.93. The molecule has 2 rings (SSSR count). The van der Waals surface area contributed by atoms with Crippen LogP contribution in [-0.2, 0) is 20.7 Å². The molecule has 0 spiro atoms. The first-order valence-corrected chi connectivity index (χ1v) is 9.29. The van der Waals surface area contributed by atoms with Crippen LogP contribution in [0.5, 0.6) is 0 Å². The molecular weight excluding hydrogens is 387 g/mol. The summed E-state index contributed by atoms with van der Waals surface area (Å²) in [5, 5.41) is 2.78. The van der Waals surface area contributed by atoms with Gasteiger partial charge in [-0.15, -0.1) is 11.3 Å². The van der Waals surface area contributed by atoms with E-state index < -0.39 is 17.8 Å². The first-order valence-electron chi connectivity index (χ1n) is 8.47. The number of thiophene rings is 1. The van der Waals surface area contributed by atoms with Crippen LogP contribution in [-0.4, -0.2) is 38.1 Å². The lowest BCUT2D eigenvalue weighted by atomic mass is 10.1. The van der Waals surface area contributed by atoms with Gasteiger partial charge in [-0.2, -0.15) is 0 Å². The van der Waals surface area contributed by atoms with E-state index in [1.165, 1.54) is 13.2 Å². The number of esters is 1. The molecule has 0 radical (unpaired) electrons. The van der Waals surface area contributed by atoms with Crippen LogP contribution >= 0.6 is 11.3 Å². The molecule has 150 valence electrons. The number of hydrogen-bond acceptors (Lipinski definition) is 6. The van der Waals surface area contributed by atoms with Gasteiger partial charge in [0, 0.05) is 13.5 Å². The first kappa shape index (κ1) is 21.5. The zero-order valence-corrected chi connectivity index (χ0v) is 16.4. The molecule has 2 amide bonds. The van der Waals surface area contributed by atoms with Crippen molar-refractivity contribution in [2.24, 2.45) is 5.73 Å². The topological polar surface area (TPSA) is 108 Å². The molecule has 0 bridgehead atoms. The monoisotopic (exact) mass is 408 g/mol. The molecule has 1 aromatic heterocycles. The first-order chi connectivity index (χ1) is 13.3. The van der Waals surface area contributed by atoms with Gasteiger partial charge in [-0.1, -0.05) is 18.2 Å². The molecule has 0 aliphatic heterocycles. The van der Waals surface area contributed by atoms with Gasteiger partial charge in [-0.25, -0.2) is 9.18 Å². The van der Waals surface area contributed by atoms with Crippen molar-refractivity contribution in [2.45, 2.75) is 19.8 Å². The van der Waals surface area contributed by atoms with Crippen molar-refractivity contribution >= 4 is 34.1 Å². The van der Waals surface area contributed by atoms with Crippen molar-refractivity contribution in [3.63, 3.8) is 0 Å². The molecule has 28 heavy (non-hydrogen) atoms. The smallest absolute Gasteiger partial charge is 0.341 e. The predicted molar refractivity (Wildman–Crippen MR) is 103 cm³/mol. The summed E-state index contributed by atoms with van der Waals surface area (Å²) in [6.45, 7) is 1.79. The zero-order valence-electron chi connectivity index (χ0n) is 15.5. The van der Waals surface area contributed by atoms with E-state index in [0.29, 0.717) is 11.1 Å². The van der Waals surface area contributed by atoms with Crippen LogP contribution < -0.4 is 11.1 Å². The number of methoxy groups -OCH3 is 1. The van der Waals surface area contributed by atoms with E-state index in [9.17, 15) is 18.8 Å². The summed E-state index contributed by atoms with van der Waals surface area (Å²) < 4.78 is 23.6. The second-order valence-corrected chi connectivity index (χ2v) is 6.91. The summed E-state index contributed by atoms with van der Waals surface area (Å²) in [6.07, 6.45) is 0.196. The SMILES string of the molecule is COCCOC(=O)c1c(NC(=O)CCc2ccccc2F)sc(C(N)=O)c1C. The Morgan fingerprint density at radius 3 is 2.57 bits per heavy atom. The Balaban J connectivity index is 2.15. The van der Waals surface area contributed by atoms with Gasteiger partial charge >= 0.3 is 5.97 Å². The van der Waals surface area contributed by atoms with Gasteiger partial charge in [0.15, 0.2) is 0 Å². The van der Waals surface area contributed by atoms with Crippen molar-refractivity contribution in [1.29, 1.82) is 0 Å². The minimum atomic E-state index is -0.708. The van der Waals surface area contributed by atoms with Crippen LogP contribution in [0.15, 0.2) is 24.3 Å². The molecule has 3 N–H and O–H groups in total. The summed E-state index contributed by atoms with van der Waals surface area (Å²) in [5.74, 6) is -2.21. The van der Waals surface area contributed by atoms with Crippen LogP contribution in [0.25, 0.3) is 0 Å². The average molecular weight is 408 g/mol. The highest BCUT2D eigenvalue weighted by Gasteiger charge is 2.25. The predicted octanol–water partition coefficient (Wildman–Crippen LogP) is 2.67. The van der Waals surface area contributed by atoms with Crippen molar-refractivity contribution in [3.05, 3.63) is 51.7 Å². The fraction of sp³-hybridized carbons (Fsp3) is 0.316. The number of amides is 2. The standard InChI is InChI=1S/C19H21FN2O5S/c1-11-15(19(25)27-10-9-26-2)18(28-16(11)17(21)24)22-14(23)8-7-12-5-3-4-6-13(12)20/h3-6H,7-10H2,1-2H3,(H2,21,24)(H,22,23). The maximum absolute atomic E-state index is 13.7. The van der Waals surface area contributed by atoms with Crippen molar-refractivity contribution < 1.29 is 28.2 Å². The quantitative estimate of drug-likeness (QED) is 0.490. The minimum absolute atomic E-state index is 0.00193. The lowest BCUT2D eigenvalue weighted by molar-refractivity contribution is -0.116. The molecule has 0 saturated carbocycles. The molecule has 2 aromatic rings. The van der Waals surface area contributed by atoms with E-state index in [2.05, 4.69) is 5.32 Å². The van der Waals surface area contributed by atoms with Crippen LogP contribution in [0, 0.1) is 12.7 Å². The zero-order chi connectivity index (χ0) is 20.7. The Labute approximate surface area is 165 Å². The number of benzene rings is 1. The molecular formula is C19H21FN2O5S. The third kappa shape index (κ3) is 5.37. The fourth-order valence-corrected chi connectivity index (χ4v) is 3.57. The number of halogens is 1. The average Bonchev–Trinajstić information content (AvgIpc) is 2.97. The summed E-state index contributed by atoms with van der Waals surface area (Å²) in [6, 6.07) is 6.18. The molecule has 0 fully saturated rings. The normalized spacial score (nSPS) is 10.5. The number of carbonyl (C=O) groups is 3. The van der Waals surface area contributed by atoms with Crippen LogP contribution in [0.2, 0.25) is 0 Å². The number of carbonyl (C=O) groups excluding carboxylic acids is 3. The largest absolute Gasteiger partial charge is 0.460 e. The second kappa shape index (κ2) is 9.95. The van der Waals surface area contributed by atoms with Crippen molar-refractivity contribution in [1.82, 2.24) is 0 Å². The van der Waals surface area contributed by atoms with Crippen LogP contribution in [0.1, 0.15) is 37.6 Å². The number of anilines is 1. The number of ether oxygens (including phenoxy) is 2. The Bertz CT molecular complexity index is 881. The van der Waals surface area contributed by atoms with Gasteiger partial charge in [0.25, 0.3) is 5.91 Å². The summed E-state index contributed by atoms with van der Waals surface area (Å²) >= 11 is 0.902. The lowest BCUT2D eigenvalue weighted by Gasteiger charge is -2.08. The summed E-state index contributed by atoms with van der Waals surface area (Å²) in [5.41, 5.74) is 6.17. The molecule has 0 unspecified atom stereocenters. The summed E-state index contributed by atoms with van der Waals surface area (Å²) in [4.78, 5) is 36.5. The van der Waals surface area contributed by atoms with E-state index in [1.54, 1.807) is 25.1 Å². The van der Waals surface area contributed by atoms with Crippen LogP contribution in [0.4, 0.5) is 9.39 Å². The minimum Gasteiger partial charge on any atom is -0.460 e.